The number of hydrogen-bond acceptors (Lipinski definition) is 6. The van der Waals surface area contributed by atoms with Crippen molar-refractivity contribution in [2.24, 2.45) is 11.8 Å². The fourth-order valence-corrected chi connectivity index (χ4v) is 6.87. The van der Waals surface area contributed by atoms with Crippen LogP contribution < -0.4 is 15.5 Å². The minimum Gasteiger partial charge on any atom is -0.462 e. The van der Waals surface area contributed by atoms with Crippen molar-refractivity contribution in [3.8, 4) is 0 Å². The van der Waals surface area contributed by atoms with Crippen molar-refractivity contribution in [1.29, 1.82) is 0 Å². The number of rotatable bonds is 5. The number of anilines is 2. The van der Waals surface area contributed by atoms with Crippen molar-refractivity contribution in [1.82, 2.24) is 10.3 Å². The molecule has 3 amide bonds. The first kappa shape index (κ1) is 25.5. The lowest BCUT2D eigenvalue weighted by Crippen LogP contribution is -2.53. The van der Waals surface area contributed by atoms with E-state index in [0.717, 1.165) is 21.4 Å². The third-order valence-electron chi connectivity index (χ3n) is 8.43. The lowest BCUT2D eigenvalue weighted by atomic mass is 9.76. The van der Waals surface area contributed by atoms with Crippen LogP contribution in [0.4, 0.5) is 11.4 Å². The topological polar surface area (TPSA) is 121 Å². The van der Waals surface area contributed by atoms with Crippen molar-refractivity contribution in [3.05, 3.63) is 94.6 Å². The third-order valence-corrected chi connectivity index (χ3v) is 8.66. The van der Waals surface area contributed by atoms with Gasteiger partial charge in [-0.2, -0.15) is 0 Å². The van der Waals surface area contributed by atoms with Gasteiger partial charge in [-0.3, -0.25) is 19.7 Å². The number of carbonyl (C=O) groups is 4. The van der Waals surface area contributed by atoms with Gasteiger partial charge in [-0.15, -0.1) is 0 Å². The minimum atomic E-state index is -1.48. The zero-order valence-corrected chi connectivity index (χ0v) is 22.7. The second-order valence-electron chi connectivity index (χ2n) is 10.5. The summed E-state index contributed by atoms with van der Waals surface area (Å²) in [5.41, 5.74) is 2.18. The van der Waals surface area contributed by atoms with Gasteiger partial charge >= 0.3 is 5.97 Å². The number of carbonyl (C=O) groups excluding carboxylic acids is 4. The van der Waals surface area contributed by atoms with Crippen LogP contribution in [0.3, 0.4) is 0 Å². The Hall–Kier alpha value is -4.47. The normalized spacial score (nSPS) is 24.7. The minimum absolute atomic E-state index is 0.230. The first-order valence-corrected chi connectivity index (χ1v) is 13.8. The maximum atomic E-state index is 14.2. The van der Waals surface area contributed by atoms with E-state index in [1.807, 2.05) is 30.5 Å². The van der Waals surface area contributed by atoms with Crippen LogP contribution >= 0.6 is 11.6 Å². The number of esters is 1. The molecule has 1 spiro atoms. The highest BCUT2D eigenvalue weighted by molar-refractivity contribution is 6.31. The van der Waals surface area contributed by atoms with Crippen LogP contribution in [0, 0.1) is 11.8 Å². The summed E-state index contributed by atoms with van der Waals surface area (Å²) in [5.74, 6) is -3.60. The summed E-state index contributed by atoms with van der Waals surface area (Å²) in [5, 5.41) is 7.79. The van der Waals surface area contributed by atoms with Gasteiger partial charge in [0.1, 0.15) is 5.54 Å². The smallest absolute Gasteiger partial charge is 0.338 e. The number of benzene rings is 3. The van der Waals surface area contributed by atoms with Gasteiger partial charge in [0.25, 0.3) is 0 Å². The van der Waals surface area contributed by atoms with E-state index < -0.39 is 47.1 Å². The molecule has 4 heterocycles. The van der Waals surface area contributed by atoms with Gasteiger partial charge < -0.3 is 15.0 Å². The summed E-state index contributed by atoms with van der Waals surface area (Å²) >= 11 is 6.37. The van der Waals surface area contributed by atoms with Crippen LogP contribution in [0.1, 0.15) is 28.4 Å². The van der Waals surface area contributed by atoms with Crippen molar-refractivity contribution in [2.75, 3.05) is 16.8 Å². The Morgan fingerprint density at radius 1 is 1.02 bits per heavy atom. The maximum Gasteiger partial charge on any atom is 0.338 e. The number of nitrogens with zero attached hydrogens (tertiary/aromatic N) is 1. The van der Waals surface area contributed by atoms with Crippen molar-refractivity contribution in [3.63, 3.8) is 0 Å². The molecule has 10 heteroatoms. The van der Waals surface area contributed by atoms with Gasteiger partial charge in [-0.1, -0.05) is 29.8 Å². The van der Waals surface area contributed by atoms with Crippen LogP contribution in [0.25, 0.3) is 10.9 Å². The summed E-state index contributed by atoms with van der Waals surface area (Å²) in [6.45, 7) is 1.95. The molecule has 0 aliphatic carbocycles. The highest BCUT2D eigenvalue weighted by atomic mass is 35.5. The molecule has 9 nitrogen and oxygen atoms in total. The van der Waals surface area contributed by atoms with E-state index in [-0.39, 0.29) is 6.61 Å². The van der Waals surface area contributed by atoms with Crippen LogP contribution in [0.2, 0.25) is 5.02 Å². The number of nitrogens with one attached hydrogen (secondary N) is 3. The van der Waals surface area contributed by atoms with Crippen molar-refractivity contribution >= 4 is 57.6 Å². The summed E-state index contributed by atoms with van der Waals surface area (Å²) in [4.78, 5) is 58.8. The van der Waals surface area contributed by atoms with E-state index in [1.54, 1.807) is 37.3 Å². The lowest BCUT2D eigenvalue weighted by Gasteiger charge is -2.29. The van der Waals surface area contributed by atoms with Crippen molar-refractivity contribution < 1.29 is 23.9 Å². The van der Waals surface area contributed by atoms with Crippen LogP contribution in [0.5, 0.6) is 0 Å². The molecule has 3 N–H and O–H groups in total. The Bertz CT molecular complexity index is 1770. The number of aromatic nitrogens is 1. The average molecular weight is 569 g/mol. The number of fused-ring (bicyclic) bond motifs is 5. The molecule has 4 aromatic rings. The fourth-order valence-electron chi connectivity index (χ4n) is 6.70. The van der Waals surface area contributed by atoms with Crippen LogP contribution in [0.15, 0.2) is 72.9 Å². The molecular weight excluding hydrogens is 544 g/mol. The number of imide groups is 1. The Morgan fingerprint density at radius 2 is 1.80 bits per heavy atom. The molecule has 3 aliphatic heterocycles. The summed E-state index contributed by atoms with van der Waals surface area (Å²) in [7, 11) is 0. The maximum absolute atomic E-state index is 14.2. The second kappa shape index (κ2) is 9.29. The van der Waals surface area contributed by atoms with E-state index in [1.165, 1.54) is 12.1 Å². The monoisotopic (exact) mass is 568 g/mol. The highest BCUT2D eigenvalue weighted by Gasteiger charge is 2.70. The van der Waals surface area contributed by atoms with Crippen LogP contribution in [-0.4, -0.2) is 41.3 Å². The Morgan fingerprint density at radius 3 is 2.59 bits per heavy atom. The van der Waals surface area contributed by atoms with E-state index >= 15 is 0 Å². The van der Waals surface area contributed by atoms with Gasteiger partial charge in [0.05, 0.1) is 29.7 Å². The number of aromatic amines is 1. The quantitative estimate of drug-likeness (QED) is 0.245. The molecule has 0 radical (unpaired) electrons. The van der Waals surface area contributed by atoms with Gasteiger partial charge in [0.15, 0.2) is 0 Å². The van der Waals surface area contributed by atoms with Crippen molar-refractivity contribution in [2.45, 2.75) is 24.9 Å². The highest BCUT2D eigenvalue weighted by Crippen LogP contribution is 2.54. The van der Waals surface area contributed by atoms with Crippen LogP contribution in [-0.2, 0) is 31.1 Å². The Labute approximate surface area is 239 Å². The molecule has 2 saturated heterocycles. The van der Waals surface area contributed by atoms with Gasteiger partial charge in [-0.05, 0) is 67.4 Å². The molecule has 41 heavy (non-hydrogen) atoms. The predicted octanol–water partition coefficient (Wildman–Crippen LogP) is 4.17. The zero-order valence-electron chi connectivity index (χ0n) is 21.9. The zero-order chi connectivity index (χ0) is 28.5. The molecule has 0 unspecified atom stereocenters. The number of ether oxygens (including phenoxy) is 1. The third kappa shape index (κ3) is 3.66. The van der Waals surface area contributed by atoms with E-state index in [9.17, 15) is 19.2 Å². The summed E-state index contributed by atoms with van der Waals surface area (Å²) < 4.78 is 5.06. The molecule has 4 atom stereocenters. The van der Waals surface area contributed by atoms with E-state index in [0.29, 0.717) is 33.9 Å². The van der Waals surface area contributed by atoms with E-state index in [2.05, 4.69) is 15.6 Å². The number of hydrogen-bond donors (Lipinski definition) is 3. The number of H-pyrrole nitrogens is 1. The van der Waals surface area contributed by atoms with Gasteiger partial charge in [0, 0.05) is 39.4 Å². The second-order valence-corrected chi connectivity index (χ2v) is 11.0. The van der Waals surface area contributed by atoms with Gasteiger partial charge in [-0.25, -0.2) is 9.69 Å². The molecule has 7 rings (SSSR count). The molecule has 0 saturated carbocycles. The predicted molar refractivity (Wildman–Crippen MR) is 153 cm³/mol. The molecule has 1 aromatic heterocycles. The Kier molecular flexibility index (Phi) is 5.78. The molecule has 3 aliphatic rings. The largest absolute Gasteiger partial charge is 0.462 e. The molecule has 2 fully saturated rings. The first-order valence-electron chi connectivity index (χ1n) is 13.4. The fraction of sp³-hybridized carbons (Fsp3) is 0.226. The molecule has 206 valence electrons. The summed E-state index contributed by atoms with van der Waals surface area (Å²) in [6, 6.07) is 18.5. The number of amides is 3. The first-order chi connectivity index (χ1) is 19.8. The van der Waals surface area contributed by atoms with E-state index in [4.69, 9.17) is 16.3 Å². The molecule has 3 aromatic carbocycles. The summed E-state index contributed by atoms with van der Waals surface area (Å²) in [6.07, 6.45) is 2.31. The van der Waals surface area contributed by atoms with Gasteiger partial charge in [0.2, 0.25) is 17.7 Å². The molecular formula is C31H25ClN4O5. The Balaban J connectivity index is 1.33. The lowest BCUT2D eigenvalue weighted by molar-refractivity contribution is -0.130. The standard InChI is InChI=1S/C31H25ClN4O5/c1-2-41-29(39)16-7-10-19(11-8-16)36-27(37)25-24(13-17-15-33-22-6-4-3-5-20(17)22)35-31(26(25)28(36)38)21-14-18(32)9-12-23(21)34-30(31)40/h3-12,14-15,24-26,33,35H,2,13H2,1H3,(H,34,40)/t24-,25+,26+,31-/m0/s1. The number of halogens is 1. The number of para-hydroxylation sites is 1. The molecule has 0 bridgehead atoms. The average Bonchev–Trinajstić information content (AvgIpc) is 3.68. The SMILES string of the molecule is CCOC(=O)c1ccc(N2C(=O)[C@@H]3[C@H](Cc4c[nH]c5ccccc45)N[C@]4(C(=O)Nc5ccc(Cl)cc54)[C@H]3C2=O)cc1.